The number of ether oxygens (including phenoxy) is 1. The van der Waals surface area contributed by atoms with E-state index in [1.807, 2.05) is 13.8 Å². The van der Waals surface area contributed by atoms with Crippen molar-refractivity contribution in [2.75, 3.05) is 25.0 Å². The van der Waals surface area contributed by atoms with Crippen molar-refractivity contribution in [2.45, 2.75) is 13.8 Å². The molecule has 0 unspecified atom stereocenters. The largest absolute Gasteiger partial charge is 0.451 e. The fourth-order valence-electron chi connectivity index (χ4n) is 1.32. The number of nitrogens with one attached hydrogen (secondary N) is 3. The minimum absolute atomic E-state index is 0.0959. The summed E-state index contributed by atoms with van der Waals surface area (Å²) >= 11 is 1.24. The van der Waals surface area contributed by atoms with Gasteiger partial charge in [-0.3, -0.25) is 10.1 Å². The maximum atomic E-state index is 11.7. The number of carbonyl (C=O) groups excluding carboxylic acids is 3. The molecule has 8 nitrogen and oxygen atoms in total. The number of carbonyl (C=O) groups is 3. The molecule has 1 aromatic rings. The van der Waals surface area contributed by atoms with Crippen LogP contribution in [-0.4, -0.2) is 42.6 Å². The molecule has 0 saturated heterocycles. The molecule has 0 aliphatic rings. The summed E-state index contributed by atoms with van der Waals surface area (Å²) < 4.78 is 4.80. The number of hydrogen-bond acceptors (Lipinski definition) is 7. The standard InChI is InChI=1S/C14H20N4O4S/c1-4-5-15-14-17-10(8-23-14)12(20)22-7-11(19)18-13(21)16-6-9(2)3/h4,8-9H,1,5-7H2,2-3H3,(H,15,17)(H2,16,18,19,21). The lowest BCUT2D eigenvalue weighted by Crippen LogP contribution is -2.42. The van der Waals surface area contributed by atoms with Crippen molar-refractivity contribution < 1.29 is 19.1 Å². The van der Waals surface area contributed by atoms with Crippen molar-refractivity contribution in [3.8, 4) is 0 Å². The first kappa shape index (κ1) is 18.6. The molecule has 23 heavy (non-hydrogen) atoms. The number of thiazole rings is 1. The van der Waals surface area contributed by atoms with Gasteiger partial charge in [-0.05, 0) is 5.92 Å². The summed E-state index contributed by atoms with van der Waals surface area (Å²) in [5, 5.41) is 9.58. The van der Waals surface area contributed by atoms with Gasteiger partial charge in [0.15, 0.2) is 17.4 Å². The number of amides is 3. The molecule has 0 spiro atoms. The lowest BCUT2D eigenvalue weighted by molar-refractivity contribution is -0.123. The molecule has 0 radical (unpaired) electrons. The molecule has 1 aromatic heterocycles. The van der Waals surface area contributed by atoms with Crippen LogP contribution in [0.3, 0.4) is 0 Å². The van der Waals surface area contributed by atoms with Crippen LogP contribution in [0.25, 0.3) is 0 Å². The minimum atomic E-state index is -0.731. The van der Waals surface area contributed by atoms with E-state index in [0.29, 0.717) is 18.2 Å². The molecule has 0 aliphatic carbocycles. The molecule has 0 atom stereocenters. The highest BCUT2D eigenvalue weighted by molar-refractivity contribution is 7.13. The van der Waals surface area contributed by atoms with Crippen LogP contribution in [0.1, 0.15) is 24.3 Å². The maximum absolute atomic E-state index is 11.7. The lowest BCUT2D eigenvalue weighted by atomic mass is 10.2. The first-order valence-corrected chi connectivity index (χ1v) is 7.85. The number of hydrogen-bond donors (Lipinski definition) is 3. The first-order valence-electron chi connectivity index (χ1n) is 6.97. The average Bonchev–Trinajstić information content (AvgIpc) is 2.97. The molecule has 3 amide bonds. The predicted octanol–water partition coefficient (Wildman–Crippen LogP) is 1.38. The van der Waals surface area contributed by atoms with E-state index in [9.17, 15) is 14.4 Å². The summed E-state index contributed by atoms with van der Waals surface area (Å²) in [7, 11) is 0. The molecule has 9 heteroatoms. The van der Waals surface area contributed by atoms with Crippen LogP contribution < -0.4 is 16.0 Å². The Balaban J connectivity index is 2.34. The van der Waals surface area contributed by atoms with Gasteiger partial charge in [-0.15, -0.1) is 17.9 Å². The molecule has 0 fully saturated rings. The summed E-state index contributed by atoms with van der Waals surface area (Å²) in [5.74, 6) is -1.17. The summed E-state index contributed by atoms with van der Waals surface area (Å²) in [6, 6.07) is -0.621. The molecule has 3 N–H and O–H groups in total. The van der Waals surface area contributed by atoms with Gasteiger partial charge >= 0.3 is 12.0 Å². The molecule has 0 bridgehead atoms. The lowest BCUT2D eigenvalue weighted by Gasteiger charge is -2.08. The SMILES string of the molecule is C=CCNc1nc(C(=O)OCC(=O)NC(=O)NCC(C)C)cs1. The molecule has 0 saturated carbocycles. The van der Waals surface area contributed by atoms with Crippen LogP contribution >= 0.6 is 11.3 Å². The van der Waals surface area contributed by atoms with Crippen molar-refractivity contribution in [3.05, 3.63) is 23.7 Å². The van der Waals surface area contributed by atoms with Gasteiger partial charge in [0.05, 0.1) is 0 Å². The number of imide groups is 1. The van der Waals surface area contributed by atoms with E-state index in [1.165, 1.54) is 16.7 Å². The minimum Gasteiger partial charge on any atom is -0.451 e. The number of anilines is 1. The maximum Gasteiger partial charge on any atom is 0.358 e. The van der Waals surface area contributed by atoms with Crippen LogP contribution in [0.15, 0.2) is 18.0 Å². The summed E-state index contributed by atoms with van der Waals surface area (Å²) in [5.41, 5.74) is 0.0959. The van der Waals surface area contributed by atoms with E-state index in [1.54, 1.807) is 6.08 Å². The molecular weight excluding hydrogens is 320 g/mol. The summed E-state index contributed by atoms with van der Waals surface area (Å²) in [4.78, 5) is 38.6. The van der Waals surface area contributed by atoms with E-state index in [-0.39, 0.29) is 11.6 Å². The quantitative estimate of drug-likeness (QED) is 0.487. The second-order valence-electron chi connectivity index (χ2n) is 4.94. The molecule has 0 aromatic carbocycles. The predicted molar refractivity (Wildman–Crippen MR) is 87.5 cm³/mol. The zero-order chi connectivity index (χ0) is 17.2. The zero-order valence-electron chi connectivity index (χ0n) is 13.0. The molecule has 0 aliphatic heterocycles. The second kappa shape index (κ2) is 9.57. The van der Waals surface area contributed by atoms with Gasteiger partial charge in [-0.2, -0.15) is 0 Å². The summed E-state index contributed by atoms with van der Waals surface area (Å²) in [6.07, 6.45) is 1.66. The van der Waals surface area contributed by atoms with E-state index in [0.717, 1.165) is 0 Å². The third-order valence-corrected chi connectivity index (χ3v) is 3.17. The Bertz CT molecular complexity index is 571. The molecule has 126 valence electrons. The van der Waals surface area contributed by atoms with Crippen molar-refractivity contribution in [2.24, 2.45) is 5.92 Å². The third kappa shape index (κ3) is 7.41. The zero-order valence-corrected chi connectivity index (χ0v) is 13.9. The Morgan fingerprint density at radius 3 is 2.83 bits per heavy atom. The van der Waals surface area contributed by atoms with E-state index < -0.39 is 24.5 Å². The van der Waals surface area contributed by atoms with Crippen molar-refractivity contribution in [1.82, 2.24) is 15.6 Å². The Kier molecular flexibility index (Phi) is 7.75. The van der Waals surface area contributed by atoms with Crippen LogP contribution in [0, 0.1) is 5.92 Å². The Labute approximate surface area is 138 Å². The van der Waals surface area contributed by atoms with Gasteiger partial charge in [-0.1, -0.05) is 19.9 Å². The molecule has 1 rings (SSSR count). The average molecular weight is 340 g/mol. The van der Waals surface area contributed by atoms with Gasteiger partial charge in [0.25, 0.3) is 5.91 Å². The smallest absolute Gasteiger partial charge is 0.358 e. The Hall–Kier alpha value is -2.42. The Morgan fingerprint density at radius 1 is 1.43 bits per heavy atom. The van der Waals surface area contributed by atoms with Crippen molar-refractivity contribution in [3.63, 3.8) is 0 Å². The Morgan fingerprint density at radius 2 is 2.17 bits per heavy atom. The van der Waals surface area contributed by atoms with E-state index in [4.69, 9.17) is 4.74 Å². The van der Waals surface area contributed by atoms with Gasteiger partial charge in [0.2, 0.25) is 0 Å². The second-order valence-corrected chi connectivity index (χ2v) is 5.79. The number of esters is 1. The highest BCUT2D eigenvalue weighted by Crippen LogP contribution is 2.15. The molecule has 1 heterocycles. The summed E-state index contributed by atoms with van der Waals surface area (Å²) in [6.45, 7) is 7.82. The fourth-order valence-corrected chi connectivity index (χ4v) is 2.01. The number of aromatic nitrogens is 1. The van der Waals surface area contributed by atoms with Gasteiger partial charge in [0, 0.05) is 18.5 Å². The van der Waals surface area contributed by atoms with Crippen LogP contribution in [0.2, 0.25) is 0 Å². The monoisotopic (exact) mass is 340 g/mol. The molecular formula is C14H20N4O4S. The number of urea groups is 1. The van der Waals surface area contributed by atoms with E-state index >= 15 is 0 Å². The van der Waals surface area contributed by atoms with Gasteiger partial charge in [-0.25, -0.2) is 14.6 Å². The van der Waals surface area contributed by atoms with Crippen LogP contribution in [-0.2, 0) is 9.53 Å². The topological polar surface area (TPSA) is 109 Å². The van der Waals surface area contributed by atoms with Crippen LogP contribution in [0.4, 0.5) is 9.93 Å². The highest BCUT2D eigenvalue weighted by atomic mass is 32.1. The van der Waals surface area contributed by atoms with Crippen LogP contribution in [0.5, 0.6) is 0 Å². The van der Waals surface area contributed by atoms with Gasteiger partial charge in [0.1, 0.15) is 0 Å². The van der Waals surface area contributed by atoms with Gasteiger partial charge < -0.3 is 15.4 Å². The number of nitrogens with zero attached hydrogens (tertiary/aromatic N) is 1. The highest BCUT2D eigenvalue weighted by Gasteiger charge is 2.15. The first-order chi connectivity index (χ1) is 10.9. The normalized spacial score (nSPS) is 10.0. The van der Waals surface area contributed by atoms with Crippen molar-refractivity contribution in [1.29, 1.82) is 0 Å². The number of rotatable bonds is 8. The fraction of sp³-hybridized carbons (Fsp3) is 0.429. The van der Waals surface area contributed by atoms with Crippen molar-refractivity contribution >= 4 is 34.4 Å². The third-order valence-electron chi connectivity index (χ3n) is 2.37. The van der Waals surface area contributed by atoms with E-state index in [2.05, 4.69) is 27.5 Å².